The summed E-state index contributed by atoms with van der Waals surface area (Å²) in [6.07, 6.45) is -7.80. The van der Waals surface area contributed by atoms with Crippen LogP contribution in [0.2, 0.25) is 0 Å². The normalized spacial score (nSPS) is 20.7. The molecule has 31 heavy (non-hydrogen) atoms. The summed E-state index contributed by atoms with van der Waals surface area (Å²) in [5.74, 6) is -4.59. The quantitative estimate of drug-likeness (QED) is 0.503. The second kappa shape index (κ2) is 9.56. The minimum atomic E-state index is -5.16. The van der Waals surface area contributed by atoms with Crippen LogP contribution in [0.3, 0.4) is 0 Å². The largest absolute Gasteiger partial charge is 0.459 e. The van der Waals surface area contributed by atoms with Crippen LogP contribution in [-0.4, -0.2) is 49.0 Å². The maximum Gasteiger partial charge on any atom is 0.426 e. The van der Waals surface area contributed by atoms with Gasteiger partial charge in [-0.05, 0) is 69.2 Å². The van der Waals surface area contributed by atoms with Crippen molar-refractivity contribution >= 4 is 22.1 Å². The summed E-state index contributed by atoms with van der Waals surface area (Å²) in [6, 6.07) is 3.60. The van der Waals surface area contributed by atoms with Crippen LogP contribution in [-0.2, 0) is 24.4 Å². The second-order valence-corrected chi connectivity index (χ2v) is 9.36. The average molecular weight is 466 g/mol. The van der Waals surface area contributed by atoms with Gasteiger partial charge in [-0.2, -0.15) is 21.6 Å². The van der Waals surface area contributed by atoms with E-state index in [1.807, 2.05) is 19.9 Å². The highest BCUT2D eigenvalue weighted by Gasteiger charge is 2.46. The molecule has 1 fully saturated rings. The second-order valence-electron chi connectivity index (χ2n) is 7.86. The molecule has 0 spiro atoms. The lowest BCUT2D eigenvalue weighted by molar-refractivity contribution is -0.218. The number of carbonyl (C=O) groups is 2. The number of ether oxygens (including phenoxy) is 2. The van der Waals surface area contributed by atoms with Gasteiger partial charge in [0.25, 0.3) is 10.1 Å². The molecular weight excluding hydrogens is 441 g/mol. The highest BCUT2D eigenvalue weighted by Crippen LogP contribution is 2.31. The molecule has 1 N–H and O–H groups in total. The first kappa shape index (κ1) is 25.1. The SMILES string of the molecule is Cc1cc(C)c(C)c(C(=O)OC2CCCC(C(=O)OC(CS(=O)(=O)O)C(F)(F)F)C2)c1. The average Bonchev–Trinajstić information content (AvgIpc) is 2.62. The van der Waals surface area contributed by atoms with E-state index in [9.17, 15) is 31.2 Å². The molecule has 1 aromatic carbocycles. The van der Waals surface area contributed by atoms with E-state index in [2.05, 4.69) is 4.74 Å². The minimum Gasteiger partial charge on any atom is -0.459 e. The maximum absolute atomic E-state index is 13.0. The number of carbonyl (C=O) groups excluding carboxylic acids is 2. The Morgan fingerprint density at radius 1 is 1.19 bits per heavy atom. The molecule has 11 heteroatoms. The van der Waals surface area contributed by atoms with Gasteiger partial charge in [-0.1, -0.05) is 6.07 Å². The maximum atomic E-state index is 13.0. The van der Waals surface area contributed by atoms with Gasteiger partial charge in [0.1, 0.15) is 11.9 Å². The van der Waals surface area contributed by atoms with E-state index in [1.165, 1.54) is 0 Å². The molecule has 0 radical (unpaired) electrons. The Labute approximate surface area is 178 Å². The van der Waals surface area contributed by atoms with Crippen LogP contribution in [0.4, 0.5) is 13.2 Å². The van der Waals surface area contributed by atoms with Gasteiger partial charge in [0.15, 0.2) is 0 Å². The lowest BCUT2D eigenvalue weighted by Crippen LogP contribution is -2.42. The highest BCUT2D eigenvalue weighted by molar-refractivity contribution is 7.85. The van der Waals surface area contributed by atoms with E-state index in [-0.39, 0.29) is 12.8 Å². The van der Waals surface area contributed by atoms with Crippen molar-refractivity contribution in [1.82, 2.24) is 0 Å². The number of hydrogen-bond donors (Lipinski definition) is 1. The summed E-state index contributed by atoms with van der Waals surface area (Å²) in [5, 5.41) is 0. The summed E-state index contributed by atoms with van der Waals surface area (Å²) in [4.78, 5) is 24.8. The summed E-state index contributed by atoms with van der Waals surface area (Å²) in [6.45, 7) is 5.47. The van der Waals surface area contributed by atoms with Crippen LogP contribution in [0, 0.1) is 26.7 Å². The fourth-order valence-electron chi connectivity index (χ4n) is 3.56. The molecule has 0 aliphatic heterocycles. The Morgan fingerprint density at radius 3 is 2.42 bits per heavy atom. The number of halogens is 3. The molecule has 0 aromatic heterocycles. The Kier molecular flexibility index (Phi) is 7.75. The van der Waals surface area contributed by atoms with Gasteiger partial charge in [0, 0.05) is 0 Å². The first-order chi connectivity index (χ1) is 14.2. The van der Waals surface area contributed by atoms with E-state index in [4.69, 9.17) is 9.29 Å². The van der Waals surface area contributed by atoms with Gasteiger partial charge >= 0.3 is 18.1 Å². The van der Waals surface area contributed by atoms with Gasteiger partial charge in [-0.3, -0.25) is 9.35 Å². The van der Waals surface area contributed by atoms with Crippen LogP contribution >= 0.6 is 0 Å². The number of aryl methyl sites for hydroxylation is 2. The predicted molar refractivity (Wildman–Crippen MR) is 104 cm³/mol. The highest BCUT2D eigenvalue weighted by atomic mass is 32.2. The van der Waals surface area contributed by atoms with Crippen LogP contribution in [0.15, 0.2) is 12.1 Å². The van der Waals surface area contributed by atoms with E-state index in [0.29, 0.717) is 18.4 Å². The molecule has 7 nitrogen and oxygen atoms in total. The number of esters is 2. The lowest BCUT2D eigenvalue weighted by atomic mass is 9.87. The molecule has 3 unspecified atom stereocenters. The van der Waals surface area contributed by atoms with Gasteiger partial charge in [0.05, 0.1) is 11.5 Å². The van der Waals surface area contributed by atoms with Crippen LogP contribution in [0.25, 0.3) is 0 Å². The van der Waals surface area contributed by atoms with Crippen molar-refractivity contribution in [2.24, 2.45) is 5.92 Å². The molecule has 3 atom stereocenters. The molecule has 0 saturated heterocycles. The summed E-state index contributed by atoms with van der Waals surface area (Å²) in [5.41, 5.74) is 2.92. The summed E-state index contributed by atoms with van der Waals surface area (Å²) < 4.78 is 79.2. The zero-order valence-electron chi connectivity index (χ0n) is 17.4. The summed E-state index contributed by atoms with van der Waals surface area (Å²) >= 11 is 0. The van der Waals surface area contributed by atoms with E-state index in [1.54, 1.807) is 13.0 Å². The van der Waals surface area contributed by atoms with E-state index in [0.717, 1.165) is 16.7 Å². The molecule has 1 aliphatic carbocycles. The third-order valence-electron chi connectivity index (χ3n) is 5.25. The van der Waals surface area contributed by atoms with Crippen molar-refractivity contribution in [2.75, 3.05) is 5.75 Å². The zero-order chi connectivity index (χ0) is 23.6. The Hall–Kier alpha value is -2.14. The molecule has 0 amide bonds. The number of benzene rings is 1. The van der Waals surface area contributed by atoms with Gasteiger partial charge < -0.3 is 9.47 Å². The number of alkyl halides is 3. The summed E-state index contributed by atoms with van der Waals surface area (Å²) in [7, 11) is -5.02. The van der Waals surface area contributed by atoms with Crippen LogP contribution < -0.4 is 0 Å². The molecule has 1 saturated carbocycles. The molecule has 1 aliphatic rings. The Bertz CT molecular complexity index is 941. The van der Waals surface area contributed by atoms with E-state index >= 15 is 0 Å². The van der Waals surface area contributed by atoms with Gasteiger partial charge in [-0.25, -0.2) is 4.79 Å². The number of rotatable bonds is 6. The minimum absolute atomic E-state index is 0.0368. The van der Waals surface area contributed by atoms with Crippen LogP contribution in [0.5, 0.6) is 0 Å². The van der Waals surface area contributed by atoms with Gasteiger partial charge in [0.2, 0.25) is 6.10 Å². The Morgan fingerprint density at radius 2 is 1.84 bits per heavy atom. The first-order valence-electron chi connectivity index (χ1n) is 9.68. The third kappa shape index (κ3) is 7.20. The topological polar surface area (TPSA) is 107 Å². The van der Waals surface area contributed by atoms with Crippen molar-refractivity contribution in [3.8, 4) is 0 Å². The molecule has 0 heterocycles. The van der Waals surface area contributed by atoms with E-state index < -0.39 is 52.1 Å². The monoisotopic (exact) mass is 466 g/mol. The van der Waals surface area contributed by atoms with Crippen LogP contribution in [0.1, 0.15) is 52.7 Å². The molecular formula is C20H25F3O7S. The Balaban J connectivity index is 2.06. The third-order valence-corrected chi connectivity index (χ3v) is 5.97. The molecule has 2 rings (SSSR count). The fourth-order valence-corrected chi connectivity index (χ4v) is 4.20. The fraction of sp³-hybridized carbons (Fsp3) is 0.600. The molecule has 0 bridgehead atoms. The van der Waals surface area contributed by atoms with Gasteiger partial charge in [-0.15, -0.1) is 0 Å². The van der Waals surface area contributed by atoms with Crippen molar-refractivity contribution in [1.29, 1.82) is 0 Å². The lowest BCUT2D eigenvalue weighted by Gasteiger charge is -2.29. The number of hydrogen-bond acceptors (Lipinski definition) is 6. The zero-order valence-corrected chi connectivity index (χ0v) is 18.2. The van der Waals surface area contributed by atoms with Crippen molar-refractivity contribution in [2.45, 2.75) is 64.8 Å². The first-order valence-corrected chi connectivity index (χ1v) is 11.3. The van der Waals surface area contributed by atoms with Crippen molar-refractivity contribution < 1.29 is 45.2 Å². The van der Waals surface area contributed by atoms with Crippen molar-refractivity contribution in [3.05, 3.63) is 34.4 Å². The molecule has 1 aromatic rings. The van der Waals surface area contributed by atoms with Crippen molar-refractivity contribution in [3.63, 3.8) is 0 Å². The predicted octanol–water partition coefficient (Wildman–Crippen LogP) is 3.69. The standard InChI is InChI=1S/C20H25F3O7S/c1-11-7-12(2)13(3)16(8-11)19(25)29-15-6-4-5-14(9-15)18(24)30-17(20(21,22)23)10-31(26,27)28/h7-8,14-15,17H,4-6,9-10H2,1-3H3,(H,26,27,28). The smallest absolute Gasteiger partial charge is 0.426 e. The molecule has 174 valence electrons.